The van der Waals surface area contributed by atoms with Gasteiger partial charge in [-0.3, -0.25) is 0 Å². The molecule has 0 saturated heterocycles. The summed E-state index contributed by atoms with van der Waals surface area (Å²) in [6.45, 7) is 4.04. The van der Waals surface area contributed by atoms with Gasteiger partial charge in [0.05, 0.1) is 0 Å². The first-order valence-electron chi connectivity index (χ1n) is 12.4. The Morgan fingerprint density at radius 1 is 0.513 bits per heavy atom. The van der Waals surface area contributed by atoms with Crippen LogP contribution >= 0.6 is 0 Å². The molecule has 5 aromatic rings. The first kappa shape index (κ1) is 27.6. The van der Waals surface area contributed by atoms with Gasteiger partial charge in [-0.15, -0.1) is 0 Å². The predicted molar refractivity (Wildman–Crippen MR) is 154 cm³/mol. The Labute approximate surface area is 225 Å². The number of rotatable bonds is 6. The van der Waals surface area contributed by atoms with E-state index in [2.05, 4.69) is 6.58 Å². The quantitative estimate of drug-likeness (QED) is 0.168. The van der Waals surface area contributed by atoms with Gasteiger partial charge in [0, 0.05) is 5.57 Å². The summed E-state index contributed by atoms with van der Waals surface area (Å²) in [5, 5.41) is 7.05. The van der Waals surface area contributed by atoms with Crippen molar-refractivity contribution in [2.75, 3.05) is 6.61 Å². The van der Waals surface area contributed by atoms with Crippen molar-refractivity contribution in [1.29, 1.82) is 0 Å². The number of hydrogen-bond donors (Lipinski definition) is 0. The monoisotopic (exact) mass is 526 g/mol. The minimum atomic E-state index is -2.25. The van der Waals surface area contributed by atoms with Crippen molar-refractivity contribution >= 4 is 33.6 Å². The molecule has 0 aliphatic rings. The maximum Gasteiger partial charge on any atom is 0.169 e. The van der Waals surface area contributed by atoms with E-state index in [9.17, 15) is 17.6 Å². The van der Waals surface area contributed by atoms with Gasteiger partial charge < -0.3 is 5.11 Å². The van der Waals surface area contributed by atoms with Crippen molar-refractivity contribution < 1.29 is 22.7 Å². The molecule has 1 nitrogen and oxygen atoms in total. The lowest BCUT2D eigenvalue weighted by Crippen LogP contribution is -2.75. The van der Waals surface area contributed by atoms with E-state index < -0.39 is 29.4 Å². The van der Waals surface area contributed by atoms with Crippen molar-refractivity contribution in [2.24, 2.45) is 0 Å². The zero-order chi connectivity index (χ0) is 27.8. The average Bonchev–Trinajstić information content (AvgIpc) is 2.94. The molecule has 0 bridgehead atoms. The molecule has 0 aromatic heterocycles. The van der Waals surface area contributed by atoms with Crippen LogP contribution in [0.15, 0.2) is 134 Å². The zero-order valence-corrected chi connectivity index (χ0v) is 21.1. The molecule has 0 amide bonds. The van der Waals surface area contributed by atoms with Crippen molar-refractivity contribution in [2.45, 2.75) is 0 Å². The van der Waals surface area contributed by atoms with Crippen molar-refractivity contribution in [3.05, 3.63) is 163 Å². The lowest BCUT2D eigenvalue weighted by atomic mass is 9.13. The van der Waals surface area contributed by atoms with Gasteiger partial charge >= 0.3 is 0 Å². The molecule has 0 unspecified atom stereocenters. The van der Waals surface area contributed by atoms with Crippen molar-refractivity contribution in [3.63, 3.8) is 0 Å². The summed E-state index contributed by atoms with van der Waals surface area (Å²) in [5.41, 5.74) is 3.91. The molecule has 0 spiro atoms. The third-order valence-electron chi connectivity index (χ3n) is 6.79. The topological polar surface area (TPSA) is 22.9 Å². The molecule has 5 aromatic carbocycles. The smallest absolute Gasteiger partial charge is 0.169 e. The summed E-state index contributed by atoms with van der Waals surface area (Å²) in [5.74, 6) is -1.95. The van der Waals surface area contributed by atoms with Gasteiger partial charge in [0.1, 0.15) is 29.4 Å². The Bertz CT molecular complexity index is 1380. The molecular weight excluding hydrogens is 499 g/mol. The van der Waals surface area contributed by atoms with Crippen LogP contribution in [-0.2, 0) is 0 Å². The minimum absolute atomic E-state index is 0.282. The van der Waals surface area contributed by atoms with Crippen LogP contribution in [0, 0.1) is 23.3 Å². The third kappa shape index (κ3) is 6.19. The number of hydrogen-bond acceptors (Lipinski definition) is 0. The first-order chi connectivity index (χ1) is 18.8. The highest BCUT2D eigenvalue weighted by Gasteiger charge is 2.32. The van der Waals surface area contributed by atoms with Crippen LogP contribution in [-0.4, -0.2) is 17.9 Å². The lowest BCUT2D eigenvalue weighted by molar-refractivity contribution is 0.350. The van der Waals surface area contributed by atoms with E-state index in [1.54, 1.807) is 48.5 Å². The Morgan fingerprint density at radius 2 is 0.846 bits per heavy atom. The fourth-order valence-corrected chi connectivity index (χ4v) is 5.03. The van der Waals surface area contributed by atoms with Gasteiger partial charge in [0.25, 0.3) is 0 Å². The number of halogens is 4. The van der Waals surface area contributed by atoms with Gasteiger partial charge in [0.2, 0.25) is 0 Å². The van der Waals surface area contributed by atoms with E-state index in [0.29, 0.717) is 21.9 Å². The highest BCUT2D eigenvalue weighted by atomic mass is 19.1. The van der Waals surface area contributed by atoms with E-state index in [4.69, 9.17) is 5.11 Å². The standard InChI is InChI=1S/C24H16BF4.C9H10O/c26-21-9-1-5-17(13-21)25(18-6-2-10-22(27)14-18,19-7-3-11-23(28)15-19)20-8-4-12-24(29)16-20;1-8(7-10)9-5-3-2-4-6-9/h1-16H;2-6,10H,1,7H2/q-1;/p+1. The lowest BCUT2D eigenvalue weighted by Gasteiger charge is -2.44. The second-order valence-corrected chi connectivity index (χ2v) is 9.23. The third-order valence-corrected chi connectivity index (χ3v) is 6.79. The Morgan fingerprint density at radius 3 is 1.13 bits per heavy atom. The molecular formula is C33H27BF4O. The second-order valence-electron chi connectivity index (χ2n) is 9.23. The average molecular weight is 526 g/mol. The molecule has 0 fully saturated rings. The summed E-state index contributed by atoms with van der Waals surface area (Å²) in [6, 6.07) is 33.3. The molecule has 5 rings (SSSR count). The van der Waals surface area contributed by atoms with E-state index in [0.717, 1.165) is 11.1 Å². The molecule has 0 radical (unpaired) electrons. The highest BCUT2D eigenvalue weighted by molar-refractivity contribution is 7.19. The molecule has 0 aliphatic carbocycles. The molecule has 0 atom stereocenters. The minimum Gasteiger partial charge on any atom is -0.442 e. The van der Waals surface area contributed by atoms with Gasteiger partial charge in [-0.2, -0.15) is 21.9 Å². The van der Waals surface area contributed by atoms with E-state index in [1.807, 2.05) is 30.3 Å². The van der Waals surface area contributed by atoms with Crippen molar-refractivity contribution in [1.82, 2.24) is 0 Å². The Kier molecular flexibility index (Phi) is 8.79. The Balaban J connectivity index is 0.000000298. The SMILES string of the molecule is C=C(C[OH2+])c1ccccc1.Fc1cccc([B-](c2cccc(F)c2)(c2cccc(F)c2)c2cccc(F)c2)c1. The van der Waals surface area contributed by atoms with Gasteiger partial charge in [-0.05, 0) is 29.8 Å². The van der Waals surface area contributed by atoms with Crippen LogP contribution in [0.25, 0.3) is 5.57 Å². The van der Waals surface area contributed by atoms with Crippen LogP contribution in [0.3, 0.4) is 0 Å². The summed E-state index contributed by atoms with van der Waals surface area (Å²) in [6.07, 6.45) is -2.25. The van der Waals surface area contributed by atoms with E-state index in [1.165, 1.54) is 48.5 Å². The Hall–Kier alpha value is -4.42. The molecule has 39 heavy (non-hydrogen) atoms. The summed E-state index contributed by atoms with van der Waals surface area (Å²) >= 11 is 0. The molecule has 0 heterocycles. The van der Waals surface area contributed by atoms with Crippen LogP contribution in [0.2, 0.25) is 0 Å². The van der Waals surface area contributed by atoms with Gasteiger partial charge in [0.15, 0.2) is 6.61 Å². The number of benzene rings is 5. The van der Waals surface area contributed by atoms with Gasteiger partial charge in [-0.1, -0.05) is 110 Å². The van der Waals surface area contributed by atoms with Crippen LogP contribution in [0.4, 0.5) is 17.6 Å². The summed E-state index contributed by atoms with van der Waals surface area (Å²) in [7, 11) is 0. The molecule has 2 N–H and O–H groups in total. The van der Waals surface area contributed by atoms with Crippen molar-refractivity contribution in [3.8, 4) is 0 Å². The fourth-order valence-electron chi connectivity index (χ4n) is 5.03. The highest BCUT2D eigenvalue weighted by Crippen LogP contribution is 2.13. The summed E-state index contributed by atoms with van der Waals surface area (Å²) < 4.78 is 57.1. The molecule has 0 saturated carbocycles. The van der Waals surface area contributed by atoms with Gasteiger partial charge in [-0.25, -0.2) is 17.6 Å². The largest absolute Gasteiger partial charge is 0.442 e. The fraction of sp³-hybridized carbons (Fsp3) is 0.0303. The molecule has 6 heteroatoms. The zero-order valence-electron chi connectivity index (χ0n) is 21.1. The maximum absolute atomic E-state index is 14.3. The summed E-state index contributed by atoms with van der Waals surface area (Å²) in [4.78, 5) is 0. The second kappa shape index (κ2) is 12.4. The molecule has 196 valence electrons. The van der Waals surface area contributed by atoms with Crippen LogP contribution in [0.5, 0.6) is 0 Å². The predicted octanol–water partition coefficient (Wildman–Crippen LogP) is 5.04. The first-order valence-corrected chi connectivity index (χ1v) is 12.4. The van der Waals surface area contributed by atoms with E-state index in [-0.39, 0.29) is 6.61 Å². The normalized spacial score (nSPS) is 10.9. The van der Waals surface area contributed by atoms with Crippen LogP contribution < -0.4 is 21.9 Å². The molecule has 0 aliphatic heterocycles. The van der Waals surface area contributed by atoms with Crippen LogP contribution in [0.1, 0.15) is 5.56 Å². The maximum atomic E-state index is 14.3. The van der Waals surface area contributed by atoms with E-state index >= 15 is 0 Å².